The van der Waals surface area contributed by atoms with Crippen molar-refractivity contribution >= 4 is 17.0 Å². The maximum absolute atomic E-state index is 13.1. The third-order valence-corrected chi connectivity index (χ3v) is 6.22. The number of carbonyl (C=O) groups is 1. The van der Waals surface area contributed by atoms with Gasteiger partial charge in [-0.25, -0.2) is 9.78 Å². The second-order valence-electron chi connectivity index (χ2n) is 8.62. The topological polar surface area (TPSA) is 97.5 Å². The van der Waals surface area contributed by atoms with E-state index in [2.05, 4.69) is 17.0 Å². The van der Waals surface area contributed by atoms with Crippen molar-refractivity contribution in [3.63, 3.8) is 0 Å². The molecule has 0 N–H and O–H groups in total. The standard InChI is InChI=1S/C25H32N4O5/c1-5-8-20-21-22(28(4)27-20)23(30)29(17(3)26-21)15-16-33-18-9-11-19(12-10-18)34-25(13-7-14-25)24(31)32-6-2/h9-12H,5-8,13-16H2,1-4H3. The van der Waals surface area contributed by atoms with Crippen LogP contribution < -0.4 is 15.0 Å². The number of ether oxygens (including phenoxy) is 3. The molecule has 0 aliphatic heterocycles. The van der Waals surface area contributed by atoms with Crippen LogP contribution in [0.4, 0.5) is 0 Å². The number of aromatic nitrogens is 4. The molecule has 1 aromatic carbocycles. The van der Waals surface area contributed by atoms with Gasteiger partial charge in [0.1, 0.15) is 29.4 Å². The van der Waals surface area contributed by atoms with Crippen LogP contribution in [0.3, 0.4) is 0 Å². The van der Waals surface area contributed by atoms with Gasteiger partial charge in [0.15, 0.2) is 5.52 Å². The smallest absolute Gasteiger partial charge is 0.350 e. The van der Waals surface area contributed by atoms with Gasteiger partial charge in [-0.15, -0.1) is 0 Å². The van der Waals surface area contributed by atoms with Crippen LogP contribution in [-0.4, -0.2) is 44.1 Å². The first-order valence-corrected chi connectivity index (χ1v) is 11.9. The highest BCUT2D eigenvalue weighted by Crippen LogP contribution is 2.38. The van der Waals surface area contributed by atoms with E-state index in [0.29, 0.717) is 61.0 Å². The van der Waals surface area contributed by atoms with Gasteiger partial charge >= 0.3 is 5.97 Å². The molecule has 0 unspecified atom stereocenters. The number of fused-ring (bicyclic) bond motifs is 1. The van der Waals surface area contributed by atoms with E-state index in [-0.39, 0.29) is 11.5 Å². The quantitative estimate of drug-likeness (QED) is 0.421. The molecule has 2 heterocycles. The zero-order chi connectivity index (χ0) is 24.3. The molecule has 182 valence electrons. The highest BCUT2D eigenvalue weighted by atomic mass is 16.6. The van der Waals surface area contributed by atoms with E-state index in [9.17, 15) is 9.59 Å². The number of esters is 1. The number of carbonyl (C=O) groups excluding carboxylic acids is 1. The summed E-state index contributed by atoms with van der Waals surface area (Å²) in [5.74, 6) is 1.58. The summed E-state index contributed by atoms with van der Waals surface area (Å²) in [5, 5.41) is 4.48. The summed E-state index contributed by atoms with van der Waals surface area (Å²) in [7, 11) is 1.78. The fourth-order valence-corrected chi connectivity index (χ4v) is 4.28. The molecular weight excluding hydrogens is 436 g/mol. The van der Waals surface area contributed by atoms with Crippen molar-refractivity contribution in [3.8, 4) is 11.5 Å². The predicted molar refractivity (Wildman–Crippen MR) is 127 cm³/mol. The van der Waals surface area contributed by atoms with Gasteiger partial charge in [0, 0.05) is 7.05 Å². The van der Waals surface area contributed by atoms with Crippen molar-refractivity contribution in [3.05, 3.63) is 46.1 Å². The molecule has 0 spiro atoms. The summed E-state index contributed by atoms with van der Waals surface area (Å²) in [6.07, 6.45) is 3.99. The summed E-state index contributed by atoms with van der Waals surface area (Å²) in [6.45, 7) is 6.71. The SMILES string of the molecule is CCCc1nn(C)c2c(=O)n(CCOc3ccc(OC4(C(=O)OCC)CCC4)cc3)c(C)nc12. The zero-order valence-electron chi connectivity index (χ0n) is 20.3. The van der Waals surface area contributed by atoms with Gasteiger partial charge in [-0.2, -0.15) is 5.10 Å². The lowest BCUT2D eigenvalue weighted by Gasteiger charge is -2.39. The number of aryl methyl sites for hydroxylation is 3. The minimum atomic E-state index is -0.870. The zero-order valence-corrected chi connectivity index (χ0v) is 20.3. The Morgan fingerprint density at radius 3 is 2.47 bits per heavy atom. The van der Waals surface area contributed by atoms with Gasteiger partial charge in [0.25, 0.3) is 5.56 Å². The highest BCUT2D eigenvalue weighted by molar-refractivity contribution is 5.81. The number of rotatable bonds is 10. The highest BCUT2D eigenvalue weighted by Gasteiger charge is 2.48. The minimum Gasteiger partial charge on any atom is -0.492 e. The Bertz CT molecular complexity index is 1220. The largest absolute Gasteiger partial charge is 0.492 e. The fraction of sp³-hybridized carbons (Fsp3) is 0.520. The second-order valence-corrected chi connectivity index (χ2v) is 8.62. The van der Waals surface area contributed by atoms with Crippen LogP contribution in [-0.2, 0) is 29.5 Å². The van der Waals surface area contributed by atoms with Crippen molar-refractivity contribution in [2.45, 2.75) is 65.0 Å². The van der Waals surface area contributed by atoms with Crippen molar-refractivity contribution in [1.29, 1.82) is 0 Å². The first kappa shape index (κ1) is 23.8. The van der Waals surface area contributed by atoms with Crippen LogP contribution in [0, 0.1) is 6.92 Å². The lowest BCUT2D eigenvalue weighted by molar-refractivity contribution is -0.169. The van der Waals surface area contributed by atoms with Crippen molar-refractivity contribution in [2.75, 3.05) is 13.2 Å². The monoisotopic (exact) mass is 468 g/mol. The maximum atomic E-state index is 13.1. The summed E-state index contributed by atoms with van der Waals surface area (Å²) in [5.41, 5.74) is 1.08. The summed E-state index contributed by atoms with van der Waals surface area (Å²) in [4.78, 5) is 30.0. The van der Waals surface area contributed by atoms with Crippen molar-refractivity contribution < 1.29 is 19.0 Å². The van der Waals surface area contributed by atoms with Crippen LogP contribution in [0.5, 0.6) is 11.5 Å². The summed E-state index contributed by atoms with van der Waals surface area (Å²) >= 11 is 0. The molecule has 1 fully saturated rings. The predicted octanol–water partition coefficient (Wildman–Crippen LogP) is 3.33. The first-order valence-electron chi connectivity index (χ1n) is 11.9. The molecule has 1 saturated carbocycles. The van der Waals surface area contributed by atoms with E-state index in [4.69, 9.17) is 14.2 Å². The van der Waals surface area contributed by atoms with E-state index in [1.165, 1.54) is 0 Å². The van der Waals surface area contributed by atoms with E-state index in [1.807, 2.05) is 6.92 Å². The second kappa shape index (κ2) is 9.87. The van der Waals surface area contributed by atoms with Gasteiger partial charge in [-0.1, -0.05) is 13.3 Å². The molecule has 1 aliphatic rings. The molecule has 0 bridgehead atoms. The van der Waals surface area contributed by atoms with Gasteiger partial charge in [-0.3, -0.25) is 14.0 Å². The molecule has 1 aliphatic carbocycles. The molecule has 3 aromatic rings. The van der Waals surface area contributed by atoms with Gasteiger partial charge < -0.3 is 14.2 Å². The van der Waals surface area contributed by atoms with Crippen LogP contribution >= 0.6 is 0 Å². The van der Waals surface area contributed by atoms with Gasteiger partial charge in [0.05, 0.1) is 18.8 Å². The average molecular weight is 469 g/mol. The lowest BCUT2D eigenvalue weighted by Crippen LogP contribution is -2.51. The molecule has 9 nitrogen and oxygen atoms in total. The van der Waals surface area contributed by atoms with E-state index in [1.54, 1.807) is 47.5 Å². The number of benzene rings is 1. The third kappa shape index (κ3) is 4.51. The van der Waals surface area contributed by atoms with Crippen molar-refractivity contribution in [1.82, 2.24) is 19.3 Å². The molecule has 34 heavy (non-hydrogen) atoms. The summed E-state index contributed by atoms with van der Waals surface area (Å²) in [6, 6.07) is 7.15. The Kier molecular flexibility index (Phi) is 6.90. The van der Waals surface area contributed by atoms with Crippen LogP contribution in [0.25, 0.3) is 11.0 Å². The van der Waals surface area contributed by atoms with Crippen LogP contribution in [0.15, 0.2) is 29.1 Å². The third-order valence-electron chi connectivity index (χ3n) is 6.22. The Hall–Kier alpha value is -3.36. The number of nitrogens with zero attached hydrogens (tertiary/aromatic N) is 4. The molecular formula is C25H32N4O5. The average Bonchev–Trinajstić information content (AvgIpc) is 3.09. The van der Waals surface area contributed by atoms with E-state index >= 15 is 0 Å². The molecule has 0 radical (unpaired) electrons. The Morgan fingerprint density at radius 2 is 1.85 bits per heavy atom. The molecule has 0 atom stereocenters. The minimum absolute atomic E-state index is 0.114. The Labute approximate surface area is 198 Å². The molecule has 2 aromatic heterocycles. The van der Waals surface area contributed by atoms with E-state index < -0.39 is 5.60 Å². The maximum Gasteiger partial charge on any atom is 0.350 e. The Balaban J connectivity index is 1.41. The Morgan fingerprint density at radius 1 is 1.15 bits per heavy atom. The molecule has 4 rings (SSSR count). The van der Waals surface area contributed by atoms with Crippen LogP contribution in [0.1, 0.15) is 51.0 Å². The van der Waals surface area contributed by atoms with Crippen molar-refractivity contribution in [2.24, 2.45) is 7.05 Å². The number of hydrogen-bond acceptors (Lipinski definition) is 7. The van der Waals surface area contributed by atoms with Gasteiger partial charge in [-0.05, 0) is 63.8 Å². The fourth-order valence-electron chi connectivity index (χ4n) is 4.28. The number of hydrogen-bond donors (Lipinski definition) is 0. The molecule has 0 amide bonds. The molecule has 0 saturated heterocycles. The van der Waals surface area contributed by atoms with Gasteiger partial charge in [0.2, 0.25) is 5.60 Å². The van der Waals surface area contributed by atoms with Crippen LogP contribution in [0.2, 0.25) is 0 Å². The van der Waals surface area contributed by atoms with E-state index in [0.717, 1.165) is 25.0 Å². The lowest BCUT2D eigenvalue weighted by atomic mass is 9.80. The first-order chi connectivity index (χ1) is 16.4. The molecule has 9 heteroatoms. The normalized spacial score (nSPS) is 14.6. The summed E-state index contributed by atoms with van der Waals surface area (Å²) < 4.78 is 20.3.